The molecule has 0 rings (SSSR count). The van der Waals surface area contributed by atoms with E-state index in [1.54, 1.807) is 0 Å². The molecule has 13 heavy (non-hydrogen) atoms. The number of hydrogen-bond donors (Lipinski definition) is 0. The lowest BCUT2D eigenvalue weighted by atomic mass is 10.4. The van der Waals surface area contributed by atoms with Gasteiger partial charge in [0.2, 0.25) is 0 Å². The maximum Gasteiger partial charge on any atom is 0.0824 e. The molecule has 0 radical (unpaired) electrons. The molecular formula is C9H15Cl3S. The van der Waals surface area contributed by atoms with Crippen LogP contribution in [0.2, 0.25) is 0 Å². The van der Waals surface area contributed by atoms with E-state index in [0.29, 0.717) is 10.9 Å². The molecule has 1 unspecified atom stereocenters. The highest BCUT2D eigenvalue weighted by atomic mass is 35.5. The van der Waals surface area contributed by atoms with Crippen molar-refractivity contribution >= 4 is 46.6 Å². The zero-order valence-corrected chi connectivity index (χ0v) is 10.8. The lowest BCUT2D eigenvalue weighted by Crippen LogP contribution is -1.99. The van der Waals surface area contributed by atoms with Crippen molar-refractivity contribution in [1.29, 1.82) is 0 Å². The van der Waals surface area contributed by atoms with E-state index in [1.165, 1.54) is 18.6 Å². The highest BCUT2D eigenvalue weighted by Crippen LogP contribution is 2.17. The van der Waals surface area contributed by atoms with E-state index in [0.717, 1.165) is 5.75 Å². The molecule has 4 heteroatoms. The third kappa shape index (κ3) is 7.99. The molecule has 0 aliphatic heterocycles. The molecule has 0 amide bonds. The van der Waals surface area contributed by atoms with E-state index in [1.807, 2.05) is 17.8 Å². The minimum atomic E-state index is -0.227. The molecule has 0 aromatic rings. The van der Waals surface area contributed by atoms with E-state index < -0.39 is 0 Å². The van der Waals surface area contributed by atoms with Gasteiger partial charge >= 0.3 is 0 Å². The molecule has 0 fully saturated rings. The Labute approximate surface area is 100 Å². The summed E-state index contributed by atoms with van der Waals surface area (Å²) in [5.41, 5.74) is 0. The number of alkyl halides is 2. The van der Waals surface area contributed by atoms with Crippen molar-refractivity contribution in [2.24, 2.45) is 0 Å². The Morgan fingerprint density at radius 3 is 2.77 bits per heavy atom. The van der Waals surface area contributed by atoms with E-state index >= 15 is 0 Å². The SMILES string of the molecule is CCCCSCC=C(Cl)C(Cl)CCl. The van der Waals surface area contributed by atoms with Crippen molar-refractivity contribution in [3.8, 4) is 0 Å². The van der Waals surface area contributed by atoms with Crippen molar-refractivity contribution in [3.63, 3.8) is 0 Å². The molecule has 0 N–H and O–H groups in total. The molecule has 0 bridgehead atoms. The molecule has 0 saturated heterocycles. The van der Waals surface area contributed by atoms with Gasteiger partial charge in [-0.25, -0.2) is 0 Å². The highest BCUT2D eigenvalue weighted by Gasteiger charge is 2.05. The van der Waals surface area contributed by atoms with Crippen molar-refractivity contribution in [1.82, 2.24) is 0 Å². The molecule has 0 aliphatic carbocycles. The first kappa shape index (κ1) is 14.0. The average molecular weight is 262 g/mol. The second-order valence-corrected chi connectivity index (χ2v) is 5.06. The number of halogens is 3. The van der Waals surface area contributed by atoms with Crippen LogP contribution in [0.15, 0.2) is 11.1 Å². The minimum absolute atomic E-state index is 0.227. The normalized spacial score (nSPS) is 14.6. The summed E-state index contributed by atoms with van der Waals surface area (Å²) in [6.07, 6.45) is 4.45. The van der Waals surface area contributed by atoms with E-state index in [2.05, 4.69) is 6.92 Å². The molecule has 0 aromatic carbocycles. The summed E-state index contributed by atoms with van der Waals surface area (Å²) in [4.78, 5) is 0. The monoisotopic (exact) mass is 260 g/mol. The van der Waals surface area contributed by atoms with Gasteiger partial charge in [-0.15, -0.1) is 23.2 Å². The van der Waals surface area contributed by atoms with Crippen LogP contribution in [0, 0.1) is 0 Å². The third-order valence-electron chi connectivity index (χ3n) is 1.47. The quantitative estimate of drug-likeness (QED) is 0.481. The van der Waals surface area contributed by atoms with Crippen molar-refractivity contribution in [3.05, 3.63) is 11.1 Å². The zero-order chi connectivity index (χ0) is 10.1. The molecule has 1 atom stereocenters. The topological polar surface area (TPSA) is 0 Å². The molecule has 78 valence electrons. The maximum atomic E-state index is 5.88. The van der Waals surface area contributed by atoms with E-state index in [9.17, 15) is 0 Å². The largest absolute Gasteiger partial charge is 0.158 e. The Kier molecular flexibility index (Phi) is 10.2. The zero-order valence-electron chi connectivity index (χ0n) is 7.73. The molecule has 0 saturated carbocycles. The van der Waals surface area contributed by atoms with Gasteiger partial charge in [0.1, 0.15) is 0 Å². The Hall–Kier alpha value is 0.960. The van der Waals surface area contributed by atoms with Gasteiger partial charge in [0.25, 0.3) is 0 Å². The van der Waals surface area contributed by atoms with Crippen molar-refractivity contribution in [2.75, 3.05) is 17.4 Å². The predicted octanol–water partition coefficient (Wildman–Crippen LogP) is 4.49. The molecule has 0 aliphatic rings. The summed E-state index contributed by atoms with van der Waals surface area (Å²) in [6.45, 7) is 2.19. The first-order valence-electron chi connectivity index (χ1n) is 4.35. The fraction of sp³-hybridized carbons (Fsp3) is 0.778. The number of rotatable bonds is 7. The summed E-state index contributed by atoms with van der Waals surface area (Å²) < 4.78 is 0. The fourth-order valence-electron chi connectivity index (χ4n) is 0.670. The molecule has 0 aromatic heterocycles. The van der Waals surface area contributed by atoms with Gasteiger partial charge in [-0.2, -0.15) is 11.8 Å². The highest BCUT2D eigenvalue weighted by molar-refractivity contribution is 7.99. The lowest BCUT2D eigenvalue weighted by molar-refractivity contribution is 0.897. The Bertz CT molecular complexity index is 148. The van der Waals surface area contributed by atoms with Crippen LogP contribution in [-0.2, 0) is 0 Å². The van der Waals surface area contributed by atoms with Crippen LogP contribution in [-0.4, -0.2) is 22.8 Å². The number of allylic oxidation sites excluding steroid dienone is 1. The van der Waals surface area contributed by atoms with Crippen LogP contribution >= 0.6 is 46.6 Å². The second kappa shape index (κ2) is 9.51. The van der Waals surface area contributed by atoms with Crippen LogP contribution in [0.4, 0.5) is 0 Å². The Morgan fingerprint density at radius 1 is 1.54 bits per heavy atom. The minimum Gasteiger partial charge on any atom is -0.158 e. The van der Waals surface area contributed by atoms with E-state index in [-0.39, 0.29) is 5.38 Å². The number of hydrogen-bond acceptors (Lipinski definition) is 1. The summed E-state index contributed by atoms with van der Waals surface area (Å²) in [6, 6.07) is 0. The number of thioether (sulfide) groups is 1. The second-order valence-electron chi connectivity index (χ2n) is 2.64. The average Bonchev–Trinajstić information content (AvgIpc) is 2.16. The van der Waals surface area contributed by atoms with Gasteiger partial charge in [-0.1, -0.05) is 31.0 Å². The lowest BCUT2D eigenvalue weighted by Gasteiger charge is -2.02. The fourth-order valence-corrected chi connectivity index (χ4v) is 2.21. The smallest absolute Gasteiger partial charge is 0.0824 e. The van der Waals surface area contributed by atoms with Crippen molar-refractivity contribution < 1.29 is 0 Å². The molecule has 0 spiro atoms. The van der Waals surface area contributed by atoms with Crippen LogP contribution < -0.4 is 0 Å². The molecule has 0 nitrogen and oxygen atoms in total. The molecule has 0 heterocycles. The van der Waals surface area contributed by atoms with Crippen LogP contribution in [0.1, 0.15) is 19.8 Å². The van der Waals surface area contributed by atoms with Crippen molar-refractivity contribution in [2.45, 2.75) is 25.1 Å². The molecular weight excluding hydrogens is 247 g/mol. The summed E-state index contributed by atoms with van der Waals surface area (Å²) in [7, 11) is 0. The number of unbranched alkanes of at least 4 members (excludes halogenated alkanes) is 1. The van der Waals surface area contributed by atoms with Gasteiger partial charge in [0.15, 0.2) is 0 Å². The summed E-state index contributed by atoms with van der Waals surface area (Å²) >= 11 is 19.1. The summed E-state index contributed by atoms with van der Waals surface area (Å²) in [5.74, 6) is 2.49. The van der Waals surface area contributed by atoms with Gasteiger partial charge in [-0.05, 0) is 12.2 Å². The van der Waals surface area contributed by atoms with Gasteiger partial charge < -0.3 is 0 Å². The van der Waals surface area contributed by atoms with Crippen LogP contribution in [0.3, 0.4) is 0 Å². The van der Waals surface area contributed by atoms with Crippen LogP contribution in [0.25, 0.3) is 0 Å². The van der Waals surface area contributed by atoms with Gasteiger partial charge in [-0.3, -0.25) is 0 Å². The van der Waals surface area contributed by atoms with Gasteiger partial charge in [0.05, 0.1) is 5.38 Å². The Morgan fingerprint density at radius 2 is 2.23 bits per heavy atom. The third-order valence-corrected chi connectivity index (χ3v) is 3.84. The maximum absolute atomic E-state index is 5.88. The standard InChI is InChI=1S/C9H15Cl3S/c1-2-3-5-13-6-4-8(11)9(12)7-10/h4,9H,2-3,5-7H2,1H3. The summed E-state index contributed by atoms with van der Waals surface area (Å²) in [5, 5.41) is 0.441. The predicted molar refractivity (Wildman–Crippen MR) is 66.5 cm³/mol. The Balaban J connectivity index is 3.47. The first-order chi connectivity index (χ1) is 6.22. The van der Waals surface area contributed by atoms with Gasteiger partial charge in [0, 0.05) is 16.7 Å². The van der Waals surface area contributed by atoms with E-state index in [4.69, 9.17) is 34.8 Å². The van der Waals surface area contributed by atoms with Crippen LogP contribution in [0.5, 0.6) is 0 Å². The first-order valence-corrected chi connectivity index (χ1v) is 6.86.